The Hall–Kier alpha value is -3.66. The maximum absolute atomic E-state index is 12.6. The average Bonchev–Trinajstić information content (AvgIpc) is 2.82. The Balaban J connectivity index is 1.67. The van der Waals surface area contributed by atoms with Crippen LogP contribution in [0.5, 0.6) is 17.2 Å². The van der Waals surface area contributed by atoms with Gasteiger partial charge < -0.3 is 19.5 Å². The molecule has 0 atom stereocenters. The molecule has 0 heterocycles. The van der Waals surface area contributed by atoms with Crippen LogP contribution in [-0.2, 0) is 11.4 Å². The van der Waals surface area contributed by atoms with Crippen molar-refractivity contribution in [1.82, 2.24) is 0 Å². The maximum atomic E-state index is 12.6. The molecule has 0 aliphatic carbocycles. The Morgan fingerprint density at radius 2 is 1.73 bits per heavy atom. The van der Waals surface area contributed by atoms with Crippen LogP contribution < -0.4 is 19.5 Å². The summed E-state index contributed by atoms with van der Waals surface area (Å²) >= 11 is 12.1. The number of hydrogen-bond donors (Lipinski definition) is 1. The highest BCUT2D eigenvalue weighted by Gasteiger charge is 2.13. The van der Waals surface area contributed by atoms with Crippen LogP contribution in [0.1, 0.15) is 11.1 Å². The summed E-state index contributed by atoms with van der Waals surface area (Å²) in [5.74, 6) is 0.845. The van der Waals surface area contributed by atoms with Gasteiger partial charge >= 0.3 is 0 Å². The molecule has 168 valence electrons. The minimum atomic E-state index is -0.557. The number of methoxy groups -OCH3 is 2. The largest absolute Gasteiger partial charge is 0.493 e. The summed E-state index contributed by atoms with van der Waals surface area (Å²) in [5.41, 5.74) is 1.93. The van der Waals surface area contributed by atoms with Gasteiger partial charge in [-0.2, -0.15) is 5.26 Å². The lowest BCUT2D eigenvalue weighted by Crippen LogP contribution is -2.13. The van der Waals surface area contributed by atoms with Crippen LogP contribution in [0.3, 0.4) is 0 Å². The molecule has 0 saturated heterocycles. The minimum absolute atomic E-state index is 0.0960. The number of carbonyl (C=O) groups excluding carboxylic acids is 1. The van der Waals surface area contributed by atoms with E-state index in [0.29, 0.717) is 45.2 Å². The first-order chi connectivity index (χ1) is 15.9. The molecule has 8 heteroatoms. The zero-order chi connectivity index (χ0) is 23.8. The molecule has 0 radical (unpaired) electrons. The Bertz CT molecular complexity index is 1200. The molecule has 3 aromatic rings. The summed E-state index contributed by atoms with van der Waals surface area (Å²) in [6.07, 6.45) is 1.42. The van der Waals surface area contributed by atoms with Crippen molar-refractivity contribution in [3.8, 4) is 23.3 Å². The number of rotatable bonds is 8. The molecule has 0 aliphatic rings. The SMILES string of the molecule is COc1cc(/C=C(\C#N)C(=O)Nc2ccc(OCc3ccc(Cl)cc3)cc2)cc(Cl)c1OC. The van der Waals surface area contributed by atoms with E-state index >= 15 is 0 Å². The lowest BCUT2D eigenvalue weighted by Gasteiger charge is -2.11. The van der Waals surface area contributed by atoms with E-state index in [2.05, 4.69) is 5.32 Å². The number of benzene rings is 3. The van der Waals surface area contributed by atoms with Crippen LogP contribution in [0, 0.1) is 11.3 Å². The highest BCUT2D eigenvalue weighted by atomic mass is 35.5. The third kappa shape index (κ3) is 6.42. The molecule has 0 fully saturated rings. The number of nitrogens with zero attached hydrogens (tertiary/aromatic N) is 1. The summed E-state index contributed by atoms with van der Waals surface area (Å²) in [7, 11) is 2.95. The van der Waals surface area contributed by atoms with Crippen molar-refractivity contribution in [2.75, 3.05) is 19.5 Å². The Morgan fingerprint density at radius 3 is 2.33 bits per heavy atom. The van der Waals surface area contributed by atoms with Crippen LogP contribution in [0.4, 0.5) is 5.69 Å². The summed E-state index contributed by atoms with van der Waals surface area (Å²) in [5, 5.41) is 13.1. The molecule has 0 unspecified atom stereocenters. The summed E-state index contributed by atoms with van der Waals surface area (Å²) in [4.78, 5) is 12.6. The molecule has 6 nitrogen and oxygen atoms in total. The van der Waals surface area contributed by atoms with Crippen molar-refractivity contribution in [1.29, 1.82) is 5.26 Å². The zero-order valence-corrected chi connectivity index (χ0v) is 19.4. The van der Waals surface area contributed by atoms with E-state index in [0.717, 1.165) is 5.56 Å². The van der Waals surface area contributed by atoms with Crippen molar-refractivity contribution >= 4 is 40.9 Å². The van der Waals surface area contributed by atoms with Gasteiger partial charge in [0, 0.05) is 10.7 Å². The Kier molecular flexibility index (Phi) is 8.20. The number of hydrogen-bond acceptors (Lipinski definition) is 5. The molecule has 0 aliphatic heterocycles. The zero-order valence-electron chi connectivity index (χ0n) is 17.9. The maximum Gasteiger partial charge on any atom is 0.266 e. The smallest absolute Gasteiger partial charge is 0.266 e. The predicted octanol–water partition coefficient (Wildman–Crippen LogP) is 6.14. The topological polar surface area (TPSA) is 80.6 Å². The molecule has 3 rings (SSSR count). The van der Waals surface area contributed by atoms with Crippen molar-refractivity contribution in [3.05, 3.63) is 87.4 Å². The molecule has 1 N–H and O–H groups in total. The first-order valence-electron chi connectivity index (χ1n) is 9.75. The standard InChI is InChI=1S/C25H20Cl2N2O4/c1-31-23-13-17(12-22(27)24(23)32-2)11-18(14-28)25(30)29-20-7-9-21(10-8-20)33-15-16-3-5-19(26)6-4-16/h3-13H,15H2,1-2H3,(H,29,30)/b18-11+. The first-order valence-corrected chi connectivity index (χ1v) is 10.5. The fraction of sp³-hybridized carbons (Fsp3) is 0.120. The minimum Gasteiger partial charge on any atom is -0.493 e. The quantitative estimate of drug-likeness (QED) is 0.308. The van der Waals surface area contributed by atoms with E-state index in [1.54, 1.807) is 48.5 Å². The number of anilines is 1. The van der Waals surface area contributed by atoms with Crippen LogP contribution >= 0.6 is 23.2 Å². The summed E-state index contributed by atoms with van der Waals surface area (Å²) in [6.45, 7) is 0.387. The average molecular weight is 483 g/mol. The van der Waals surface area contributed by atoms with Crippen LogP contribution in [0.2, 0.25) is 10.0 Å². The predicted molar refractivity (Wildman–Crippen MR) is 129 cm³/mol. The molecular weight excluding hydrogens is 463 g/mol. The number of amides is 1. The highest BCUT2D eigenvalue weighted by molar-refractivity contribution is 6.32. The van der Waals surface area contributed by atoms with Gasteiger partial charge in [0.15, 0.2) is 11.5 Å². The number of ether oxygens (including phenoxy) is 3. The normalized spacial score (nSPS) is 10.8. The van der Waals surface area contributed by atoms with Crippen LogP contribution in [0.15, 0.2) is 66.2 Å². The Morgan fingerprint density at radius 1 is 1.03 bits per heavy atom. The van der Waals surface area contributed by atoms with Crippen LogP contribution in [-0.4, -0.2) is 20.1 Å². The van der Waals surface area contributed by atoms with Crippen molar-refractivity contribution in [2.45, 2.75) is 6.61 Å². The molecular formula is C25H20Cl2N2O4. The third-order valence-corrected chi connectivity index (χ3v) is 5.10. The molecule has 0 spiro atoms. The molecule has 3 aromatic carbocycles. The van der Waals surface area contributed by atoms with E-state index < -0.39 is 5.91 Å². The number of nitrogens with one attached hydrogen (secondary N) is 1. The number of halogens is 2. The monoisotopic (exact) mass is 482 g/mol. The van der Waals surface area contributed by atoms with E-state index in [-0.39, 0.29) is 5.57 Å². The highest BCUT2D eigenvalue weighted by Crippen LogP contribution is 2.36. The molecule has 0 bridgehead atoms. The molecule has 1 amide bonds. The fourth-order valence-electron chi connectivity index (χ4n) is 2.92. The van der Waals surface area contributed by atoms with E-state index in [9.17, 15) is 10.1 Å². The van der Waals surface area contributed by atoms with Crippen molar-refractivity contribution < 1.29 is 19.0 Å². The van der Waals surface area contributed by atoms with Gasteiger partial charge in [-0.3, -0.25) is 4.79 Å². The second kappa shape index (κ2) is 11.3. The van der Waals surface area contributed by atoms with Crippen LogP contribution in [0.25, 0.3) is 6.08 Å². The molecule has 33 heavy (non-hydrogen) atoms. The van der Waals surface area contributed by atoms with Gasteiger partial charge in [0.1, 0.15) is 24.0 Å². The van der Waals surface area contributed by atoms with Gasteiger partial charge in [-0.25, -0.2) is 0 Å². The van der Waals surface area contributed by atoms with Crippen molar-refractivity contribution in [2.24, 2.45) is 0 Å². The second-order valence-electron chi connectivity index (χ2n) is 6.80. The van der Waals surface area contributed by atoms with Crippen molar-refractivity contribution in [3.63, 3.8) is 0 Å². The first kappa shape index (κ1) is 24.0. The summed E-state index contributed by atoms with van der Waals surface area (Å²) in [6, 6.07) is 19.3. The van der Waals surface area contributed by atoms with Gasteiger partial charge in [-0.15, -0.1) is 0 Å². The van der Waals surface area contributed by atoms with E-state index in [1.807, 2.05) is 18.2 Å². The van der Waals surface area contributed by atoms with Gasteiger partial charge in [0.2, 0.25) is 0 Å². The Labute approximate surface area is 201 Å². The lowest BCUT2D eigenvalue weighted by atomic mass is 10.1. The van der Waals surface area contributed by atoms with E-state index in [4.69, 9.17) is 37.4 Å². The third-order valence-electron chi connectivity index (χ3n) is 4.56. The van der Waals surface area contributed by atoms with Gasteiger partial charge in [-0.05, 0) is 65.7 Å². The molecule has 0 aromatic heterocycles. The number of carbonyl (C=O) groups is 1. The lowest BCUT2D eigenvalue weighted by molar-refractivity contribution is -0.112. The van der Waals surface area contributed by atoms with E-state index in [1.165, 1.54) is 20.3 Å². The van der Waals surface area contributed by atoms with Gasteiger partial charge in [0.05, 0.1) is 19.2 Å². The molecule has 0 saturated carbocycles. The number of nitriles is 1. The van der Waals surface area contributed by atoms with Gasteiger partial charge in [0.25, 0.3) is 5.91 Å². The fourth-order valence-corrected chi connectivity index (χ4v) is 3.34. The second-order valence-corrected chi connectivity index (χ2v) is 7.65. The van der Waals surface area contributed by atoms with Gasteiger partial charge in [-0.1, -0.05) is 35.3 Å². The summed E-state index contributed by atoms with van der Waals surface area (Å²) < 4.78 is 16.2.